The summed E-state index contributed by atoms with van der Waals surface area (Å²) in [4.78, 5) is 43.2. The fourth-order valence-corrected chi connectivity index (χ4v) is 3.27. The van der Waals surface area contributed by atoms with E-state index in [1.165, 1.54) is 15.5 Å². The number of carboxylic acid groups (broad SMARTS) is 1. The summed E-state index contributed by atoms with van der Waals surface area (Å²) in [6.07, 6.45) is -0.222. The Morgan fingerprint density at radius 2 is 2.08 bits per heavy atom. The van der Waals surface area contributed by atoms with Gasteiger partial charge in [-0.15, -0.1) is 0 Å². The van der Waals surface area contributed by atoms with Crippen molar-refractivity contribution in [3.63, 3.8) is 0 Å². The third-order valence-corrected chi connectivity index (χ3v) is 4.66. The number of amides is 1. The fraction of sp³-hybridized carbons (Fsp3) is 0.357. The van der Waals surface area contributed by atoms with Crippen molar-refractivity contribution in [2.75, 3.05) is 13.1 Å². The van der Waals surface area contributed by atoms with Gasteiger partial charge in [0.15, 0.2) is 11.3 Å². The van der Waals surface area contributed by atoms with Gasteiger partial charge >= 0.3 is 17.2 Å². The number of nitrogens with zero attached hydrogens (tertiary/aromatic N) is 4. The molecule has 1 fully saturated rings. The monoisotopic (exact) mass is 393 g/mol. The lowest BCUT2D eigenvalue weighted by Gasteiger charge is -2.31. The van der Waals surface area contributed by atoms with Crippen molar-refractivity contribution in [3.8, 4) is 6.07 Å². The number of halogens is 1. The Hall–Kier alpha value is -2.67. The standard InChI is InChI=1S/C14H12BrN5O4/c15-8-5-9-11(17-10(8)6-16)20(13(22)12(21)18-9)7-1-3-19(4-2-7)14(23)24/h5,7H,1-4H2,(H,18,21)(H,23,24). The first-order valence-corrected chi connectivity index (χ1v) is 7.94. The maximum atomic E-state index is 12.3. The molecule has 2 N–H and O–H groups in total. The summed E-state index contributed by atoms with van der Waals surface area (Å²) in [5.41, 5.74) is -0.874. The van der Waals surface area contributed by atoms with Crippen LogP contribution in [0, 0.1) is 11.3 Å². The van der Waals surface area contributed by atoms with Gasteiger partial charge < -0.3 is 15.0 Å². The number of pyridine rings is 1. The molecule has 1 saturated heterocycles. The summed E-state index contributed by atoms with van der Waals surface area (Å²) in [7, 11) is 0. The molecule has 0 atom stereocenters. The summed E-state index contributed by atoms with van der Waals surface area (Å²) in [5, 5.41) is 18.1. The number of nitriles is 1. The van der Waals surface area contributed by atoms with Crippen LogP contribution in [0.1, 0.15) is 24.6 Å². The molecule has 10 heteroatoms. The number of aromatic amines is 1. The second-order valence-corrected chi connectivity index (χ2v) is 6.29. The van der Waals surface area contributed by atoms with E-state index >= 15 is 0 Å². The zero-order valence-corrected chi connectivity index (χ0v) is 13.9. The molecule has 0 saturated carbocycles. The molecule has 2 aromatic rings. The predicted molar refractivity (Wildman–Crippen MR) is 86.9 cm³/mol. The highest BCUT2D eigenvalue weighted by atomic mass is 79.9. The van der Waals surface area contributed by atoms with Gasteiger partial charge in [0.05, 0.1) is 9.99 Å². The van der Waals surface area contributed by atoms with Crippen molar-refractivity contribution in [3.05, 3.63) is 36.9 Å². The first-order chi connectivity index (χ1) is 11.4. The Morgan fingerprint density at radius 1 is 1.42 bits per heavy atom. The number of likely N-dealkylation sites (tertiary alicyclic amines) is 1. The van der Waals surface area contributed by atoms with Crippen LogP contribution in [0.5, 0.6) is 0 Å². The molecule has 1 aliphatic rings. The zero-order chi connectivity index (χ0) is 17.4. The number of piperidine rings is 1. The number of hydrogen-bond donors (Lipinski definition) is 2. The van der Waals surface area contributed by atoms with Crippen molar-refractivity contribution in [1.29, 1.82) is 5.26 Å². The van der Waals surface area contributed by atoms with E-state index in [4.69, 9.17) is 10.4 Å². The van der Waals surface area contributed by atoms with Gasteiger partial charge in [0.1, 0.15) is 6.07 Å². The quantitative estimate of drug-likeness (QED) is 0.695. The van der Waals surface area contributed by atoms with E-state index in [9.17, 15) is 14.4 Å². The van der Waals surface area contributed by atoms with Crippen molar-refractivity contribution < 1.29 is 9.90 Å². The van der Waals surface area contributed by atoms with Gasteiger partial charge in [0.2, 0.25) is 0 Å². The second-order valence-electron chi connectivity index (χ2n) is 5.43. The summed E-state index contributed by atoms with van der Waals surface area (Å²) >= 11 is 3.20. The maximum Gasteiger partial charge on any atom is 0.407 e. The van der Waals surface area contributed by atoms with Crippen LogP contribution in [0.15, 0.2) is 20.1 Å². The molecule has 0 spiro atoms. The van der Waals surface area contributed by atoms with Gasteiger partial charge in [-0.1, -0.05) is 0 Å². The molecule has 124 valence electrons. The van der Waals surface area contributed by atoms with E-state index < -0.39 is 17.2 Å². The number of carbonyl (C=O) groups is 1. The lowest BCUT2D eigenvalue weighted by Crippen LogP contribution is -2.44. The summed E-state index contributed by atoms with van der Waals surface area (Å²) in [5.74, 6) is 0. The van der Waals surface area contributed by atoms with Crippen molar-refractivity contribution in [2.45, 2.75) is 18.9 Å². The summed E-state index contributed by atoms with van der Waals surface area (Å²) in [6, 6.07) is 3.11. The van der Waals surface area contributed by atoms with Crippen LogP contribution in [0.25, 0.3) is 11.2 Å². The van der Waals surface area contributed by atoms with Crippen molar-refractivity contribution in [1.82, 2.24) is 19.4 Å². The topological polar surface area (TPSA) is 132 Å². The van der Waals surface area contributed by atoms with Gasteiger partial charge in [0.25, 0.3) is 0 Å². The molecular formula is C14H12BrN5O4. The average molecular weight is 394 g/mol. The molecule has 2 aromatic heterocycles. The number of fused-ring (bicyclic) bond motifs is 1. The fourth-order valence-electron chi connectivity index (χ4n) is 2.87. The van der Waals surface area contributed by atoms with Crippen LogP contribution >= 0.6 is 15.9 Å². The Bertz CT molecular complexity index is 982. The van der Waals surface area contributed by atoms with E-state index in [0.29, 0.717) is 22.8 Å². The molecule has 3 heterocycles. The van der Waals surface area contributed by atoms with Gasteiger partial charge in [-0.3, -0.25) is 14.2 Å². The largest absolute Gasteiger partial charge is 0.465 e. The Kier molecular flexibility index (Phi) is 4.11. The predicted octanol–water partition coefficient (Wildman–Crippen LogP) is 1.03. The number of rotatable bonds is 1. The van der Waals surface area contributed by atoms with Crippen LogP contribution < -0.4 is 11.1 Å². The minimum Gasteiger partial charge on any atom is -0.465 e. The molecule has 0 aromatic carbocycles. The van der Waals surface area contributed by atoms with Crippen molar-refractivity contribution >= 4 is 33.2 Å². The van der Waals surface area contributed by atoms with E-state index in [1.807, 2.05) is 6.07 Å². The number of nitrogens with one attached hydrogen (secondary N) is 1. The highest BCUT2D eigenvalue weighted by Crippen LogP contribution is 2.25. The van der Waals surface area contributed by atoms with E-state index in [1.54, 1.807) is 0 Å². The van der Waals surface area contributed by atoms with Crippen LogP contribution in [-0.4, -0.2) is 43.7 Å². The molecular weight excluding hydrogens is 382 g/mol. The highest BCUT2D eigenvalue weighted by molar-refractivity contribution is 9.10. The number of H-pyrrole nitrogens is 1. The highest BCUT2D eigenvalue weighted by Gasteiger charge is 2.26. The molecule has 0 bridgehead atoms. The Balaban J connectivity index is 2.15. The van der Waals surface area contributed by atoms with Crippen LogP contribution in [0.4, 0.5) is 4.79 Å². The lowest BCUT2D eigenvalue weighted by molar-refractivity contribution is 0.125. The van der Waals surface area contributed by atoms with E-state index in [0.717, 1.165) is 0 Å². The summed E-state index contributed by atoms with van der Waals surface area (Å²) < 4.78 is 1.69. The molecule has 3 rings (SSSR count). The molecule has 1 amide bonds. The molecule has 9 nitrogen and oxygen atoms in total. The average Bonchev–Trinajstić information content (AvgIpc) is 2.56. The minimum atomic E-state index is -1.01. The maximum absolute atomic E-state index is 12.3. The third-order valence-electron chi connectivity index (χ3n) is 4.05. The van der Waals surface area contributed by atoms with Crippen LogP contribution in [0.3, 0.4) is 0 Å². The number of aromatic nitrogens is 3. The SMILES string of the molecule is N#Cc1nc2c(cc1Br)[nH]c(=O)c(=O)n2C1CCN(C(=O)O)CC1. The molecule has 0 aliphatic carbocycles. The van der Waals surface area contributed by atoms with E-state index in [-0.39, 0.29) is 30.5 Å². The molecule has 0 unspecified atom stereocenters. The van der Waals surface area contributed by atoms with Gasteiger partial charge in [-0.2, -0.15) is 5.26 Å². The van der Waals surface area contributed by atoms with Gasteiger partial charge in [-0.25, -0.2) is 9.78 Å². The zero-order valence-electron chi connectivity index (χ0n) is 12.3. The van der Waals surface area contributed by atoms with Gasteiger partial charge in [0, 0.05) is 19.1 Å². The third kappa shape index (κ3) is 2.67. The van der Waals surface area contributed by atoms with Crippen LogP contribution in [-0.2, 0) is 0 Å². The Labute approximate surface area is 143 Å². The summed E-state index contributed by atoms with van der Waals surface area (Å²) in [6.45, 7) is 0.532. The van der Waals surface area contributed by atoms with Crippen molar-refractivity contribution in [2.24, 2.45) is 0 Å². The minimum absolute atomic E-state index is 0.102. The Morgan fingerprint density at radius 3 is 2.67 bits per heavy atom. The normalized spacial score (nSPS) is 15.4. The first-order valence-electron chi connectivity index (χ1n) is 7.15. The first kappa shape index (κ1) is 16.2. The lowest BCUT2D eigenvalue weighted by atomic mass is 10.0. The molecule has 0 radical (unpaired) electrons. The van der Waals surface area contributed by atoms with Gasteiger partial charge in [-0.05, 0) is 34.8 Å². The number of hydrogen-bond acceptors (Lipinski definition) is 5. The van der Waals surface area contributed by atoms with E-state index in [2.05, 4.69) is 25.9 Å². The molecule has 1 aliphatic heterocycles. The van der Waals surface area contributed by atoms with Crippen LogP contribution in [0.2, 0.25) is 0 Å². The smallest absolute Gasteiger partial charge is 0.407 e. The molecule has 24 heavy (non-hydrogen) atoms. The second kappa shape index (κ2) is 6.09.